The quantitative estimate of drug-likeness (QED) is 0.528. The molecule has 0 unspecified atom stereocenters. The summed E-state index contributed by atoms with van der Waals surface area (Å²) in [7, 11) is 0. The van der Waals surface area contributed by atoms with Gasteiger partial charge in [-0.15, -0.1) is 12.6 Å². The van der Waals surface area contributed by atoms with Crippen LogP contribution in [0.3, 0.4) is 0 Å². The van der Waals surface area contributed by atoms with Crippen molar-refractivity contribution in [2.24, 2.45) is 0 Å². The van der Waals surface area contributed by atoms with Gasteiger partial charge >= 0.3 is 6.09 Å². The summed E-state index contributed by atoms with van der Waals surface area (Å²) in [6.07, 6.45) is 1.09. The van der Waals surface area contributed by atoms with Gasteiger partial charge in [-0.3, -0.25) is 0 Å². The van der Waals surface area contributed by atoms with Crippen LogP contribution in [-0.2, 0) is 4.74 Å². The number of anilines is 2. The van der Waals surface area contributed by atoms with Gasteiger partial charge in [0.1, 0.15) is 17.2 Å². The average molecular weight is 386 g/mol. The number of rotatable bonds is 4. The van der Waals surface area contributed by atoms with Crippen molar-refractivity contribution in [1.82, 2.24) is 14.6 Å². The zero-order valence-corrected chi connectivity index (χ0v) is 16.6. The number of carbonyl (C=O) groups excluding carboxylic acids is 1. The number of ether oxygens (including phenoxy) is 2. The predicted octanol–water partition coefficient (Wildman–Crippen LogP) is 4.49. The van der Waals surface area contributed by atoms with Gasteiger partial charge in [-0.1, -0.05) is 0 Å². The lowest BCUT2D eigenvalue weighted by molar-refractivity contribution is 0.0597. The Bertz CT molecular complexity index is 948. The molecule has 0 aliphatic heterocycles. The Morgan fingerprint density at radius 3 is 2.56 bits per heavy atom. The van der Waals surface area contributed by atoms with E-state index in [9.17, 15) is 4.79 Å². The topological polar surface area (TPSA) is 69.0 Å². The van der Waals surface area contributed by atoms with E-state index in [-0.39, 0.29) is 0 Å². The zero-order valence-electron chi connectivity index (χ0n) is 15.7. The summed E-state index contributed by atoms with van der Waals surface area (Å²) in [6.45, 7) is 7.95. The number of benzene rings is 1. The minimum atomic E-state index is -0.652. The minimum absolute atomic E-state index is 0.470. The molecule has 1 aromatic carbocycles. The van der Waals surface area contributed by atoms with Gasteiger partial charge in [-0.05, 0) is 52.0 Å². The van der Waals surface area contributed by atoms with Gasteiger partial charge in [-0.25, -0.2) is 14.7 Å². The molecule has 0 aliphatic rings. The number of nitrogens with zero attached hydrogens (tertiary/aromatic N) is 4. The standard InChI is InChI=1S/C19H22N4O3S/c1-5-25-14-8-6-13(7-9-14)22(18(24)26-19(2,3)4)17-12-16(27)21-15-10-11-20-23(15)17/h6-12H,5H2,1-4H3,(H,21,27). The van der Waals surface area contributed by atoms with Crippen LogP contribution in [0.2, 0.25) is 0 Å². The van der Waals surface area contributed by atoms with E-state index < -0.39 is 11.7 Å². The summed E-state index contributed by atoms with van der Waals surface area (Å²) in [5, 5.41) is 4.75. The van der Waals surface area contributed by atoms with Crippen molar-refractivity contribution >= 4 is 35.9 Å². The second-order valence-corrected chi connectivity index (χ2v) is 7.27. The van der Waals surface area contributed by atoms with E-state index in [1.54, 1.807) is 47.1 Å². The fraction of sp³-hybridized carbons (Fsp3) is 0.316. The monoisotopic (exact) mass is 386 g/mol. The van der Waals surface area contributed by atoms with Crippen LogP contribution in [0.4, 0.5) is 16.3 Å². The Hall–Kier alpha value is -2.74. The summed E-state index contributed by atoms with van der Waals surface area (Å²) in [5.41, 5.74) is 0.543. The maximum atomic E-state index is 13.0. The maximum Gasteiger partial charge on any atom is 0.420 e. The van der Waals surface area contributed by atoms with Gasteiger partial charge < -0.3 is 9.47 Å². The number of thiol groups is 1. The molecular weight excluding hydrogens is 364 g/mol. The van der Waals surface area contributed by atoms with Gasteiger partial charge in [0, 0.05) is 12.1 Å². The molecule has 3 aromatic rings. The van der Waals surface area contributed by atoms with Gasteiger partial charge in [0.05, 0.1) is 23.5 Å². The van der Waals surface area contributed by atoms with Gasteiger partial charge in [0.2, 0.25) is 0 Å². The molecule has 0 aliphatic carbocycles. The van der Waals surface area contributed by atoms with Crippen molar-refractivity contribution in [3.63, 3.8) is 0 Å². The molecule has 0 atom stereocenters. The summed E-state index contributed by atoms with van der Waals surface area (Å²) < 4.78 is 12.7. The normalized spacial score (nSPS) is 11.4. The number of aromatic nitrogens is 3. The van der Waals surface area contributed by atoms with Crippen LogP contribution in [0, 0.1) is 0 Å². The number of hydrogen-bond acceptors (Lipinski definition) is 6. The Morgan fingerprint density at radius 1 is 1.22 bits per heavy atom. The van der Waals surface area contributed by atoms with Crippen LogP contribution in [0.5, 0.6) is 5.75 Å². The second kappa shape index (κ2) is 7.48. The molecule has 1 amide bonds. The Balaban J connectivity index is 2.12. The largest absolute Gasteiger partial charge is 0.494 e. The lowest BCUT2D eigenvalue weighted by Crippen LogP contribution is -2.35. The maximum absolute atomic E-state index is 13.0. The Kier molecular flexibility index (Phi) is 5.27. The van der Waals surface area contributed by atoms with E-state index >= 15 is 0 Å². The third kappa shape index (κ3) is 4.33. The first-order valence-corrected chi connectivity index (χ1v) is 9.03. The van der Waals surface area contributed by atoms with Gasteiger partial charge in [-0.2, -0.15) is 9.61 Å². The van der Waals surface area contributed by atoms with Crippen molar-refractivity contribution in [2.75, 3.05) is 11.5 Å². The van der Waals surface area contributed by atoms with Crippen molar-refractivity contribution in [2.45, 2.75) is 38.3 Å². The van der Waals surface area contributed by atoms with Gasteiger partial charge in [0.15, 0.2) is 5.65 Å². The molecule has 0 N–H and O–H groups in total. The highest BCUT2D eigenvalue weighted by Crippen LogP contribution is 2.30. The molecule has 0 saturated carbocycles. The second-order valence-electron chi connectivity index (χ2n) is 6.82. The summed E-state index contributed by atoms with van der Waals surface area (Å²) >= 11 is 4.36. The zero-order chi connectivity index (χ0) is 19.6. The van der Waals surface area contributed by atoms with E-state index in [1.165, 1.54) is 4.90 Å². The van der Waals surface area contributed by atoms with Crippen LogP contribution in [0.25, 0.3) is 5.65 Å². The lowest BCUT2D eigenvalue weighted by Gasteiger charge is -2.27. The molecule has 142 valence electrons. The Morgan fingerprint density at radius 2 is 1.93 bits per heavy atom. The SMILES string of the molecule is CCOc1ccc(N(C(=O)OC(C)(C)C)c2cc(S)nc3ccnn23)cc1. The molecule has 8 heteroatoms. The van der Waals surface area contributed by atoms with Gasteiger partial charge in [0.25, 0.3) is 0 Å². The molecule has 0 fully saturated rings. The molecule has 0 spiro atoms. The average Bonchev–Trinajstić information content (AvgIpc) is 3.03. The molecule has 0 radical (unpaired) electrons. The van der Waals surface area contributed by atoms with E-state index in [4.69, 9.17) is 9.47 Å². The van der Waals surface area contributed by atoms with Crippen molar-refractivity contribution in [1.29, 1.82) is 0 Å². The molecule has 7 nitrogen and oxygen atoms in total. The van der Waals surface area contributed by atoms with Crippen molar-refractivity contribution in [3.8, 4) is 5.75 Å². The molecule has 3 rings (SSSR count). The summed E-state index contributed by atoms with van der Waals surface area (Å²) in [6, 6.07) is 10.6. The van der Waals surface area contributed by atoms with E-state index in [2.05, 4.69) is 22.7 Å². The van der Waals surface area contributed by atoms with Crippen LogP contribution >= 0.6 is 12.6 Å². The smallest absolute Gasteiger partial charge is 0.420 e. The number of amides is 1. The molecular formula is C19H22N4O3S. The van der Waals surface area contributed by atoms with Crippen LogP contribution in [-0.4, -0.2) is 32.9 Å². The first-order valence-electron chi connectivity index (χ1n) is 8.58. The Labute approximate surface area is 163 Å². The first kappa shape index (κ1) is 19.0. The molecule has 0 saturated heterocycles. The predicted molar refractivity (Wildman–Crippen MR) is 106 cm³/mol. The molecule has 2 aromatic heterocycles. The summed E-state index contributed by atoms with van der Waals surface area (Å²) in [5.74, 6) is 1.20. The van der Waals surface area contributed by atoms with Crippen molar-refractivity contribution in [3.05, 3.63) is 42.6 Å². The highest BCUT2D eigenvalue weighted by molar-refractivity contribution is 7.80. The molecule has 0 bridgehead atoms. The molecule has 2 heterocycles. The van der Waals surface area contributed by atoms with Crippen LogP contribution < -0.4 is 9.64 Å². The van der Waals surface area contributed by atoms with Crippen LogP contribution in [0.15, 0.2) is 47.6 Å². The third-order valence-electron chi connectivity index (χ3n) is 3.54. The fourth-order valence-electron chi connectivity index (χ4n) is 2.54. The van der Waals surface area contributed by atoms with E-state index in [1.807, 2.05) is 27.7 Å². The number of fused-ring (bicyclic) bond motifs is 1. The number of carbonyl (C=O) groups is 1. The fourth-order valence-corrected chi connectivity index (χ4v) is 2.76. The highest BCUT2D eigenvalue weighted by Gasteiger charge is 2.27. The number of hydrogen-bond donors (Lipinski definition) is 1. The minimum Gasteiger partial charge on any atom is -0.494 e. The molecule has 27 heavy (non-hydrogen) atoms. The summed E-state index contributed by atoms with van der Waals surface area (Å²) in [4.78, 5) is 18.8. The highest BCUT2D eigenvalue weighted by atomic mass is 32.1. The third-order valence-corrected chi connectivity index (χ3v) is 3.77. The lowest BCUT2D eigenvalue weighted by atomic mass is 10.2. The van der Waals surface area contributed by atoms with Crippen molar-refractivity contribution < 1.29 is 14.3 Å². The first-order chi connectivity index (χ1) is 12.8. The van der Waals surface area contributed by atoms with Crippen LogP contribution in [0.1, 0.15) is 27.7 Å². The van der Waals surface area contributed by atoms with E-state index in [0.29, 0.717) is 28.8 Å². The van der Waals surface area contributed by atoms with E-state index in [0.717, 1.165) is 5.75 Å².